The molecule has 20 heavy (non-hydrogen) atoms. The van der Waals surface area contributed by atoms with E-state index in [1.54, 1.807) is 7.11 Å². The summed E-state index contributed by atoms with van der Waals surface area (Å²) in [7, 11) is 1.68. The Hall–Kier alpha value is -0.650. The minimum Gasteiger partial charge on any atom is -0.382 e. The summed E-state index contributed by atoms with van der Waals surface area (Å²) >= 11 is 0. The molecule has 0 radical (unpaired) electrons. The van der Waals surface area contributed by atoms with E-state index in [0.717, 1.165) is 51.6 Å². The van der Waals surface area contributed by atoms with Crippen LogP contribution in [0.4, 0.5) is 0 Å². The number of amides is 1. The van der Waals surface area contributed by atoms with Gasteiger partial charge >= 0.3 is 0 Å². The fourth-order valence-electron chi connectivity index (χ4n) is 3.24. The maximum Gasteiger partial charge on any atom is 0.242 e. The number of hydrogen-bond acceptors (Lipinski definition) is 4. The number of hydrogen-bond donors (Lipinski definition) is 1. The molecule has 5 heteroatoms. The fraction of sp³-hybridized carbons (Fsp3) is 0.933. The summed E-state index contributed by atoms with van der Waals surface area (Å²) in [5, 5.41) is 0. The first-order valence-electron chi connectivity index (χ1n) is 7.84. The Balaban J connectivity index is 1.76. The summed E-state index contributed by atoms with van der Waals surface area (Å²) in [4.78, 5) is 14.5. The Labute approximate surface area is 121 Å². The van der Waals surface area contributed by atoms with Gasteiger partial charge in [0.1, 0.15) is 0 Å². The average molecular weight is 284 g/mol. The minimum absolute atomic E-state index is 0.160. The Morgan fingerprint density at radius 3 is 2.45 bits per heavy atom. The number of nitrogens with zero attached hydrogens (tertiary/aromatic N) is 1. The molecule has 116 valence electrons. The lowest BCUT2D eigenvalue weighted by Crippen LogP contribution is -2.58. The maximum atomic E-state index is 12.6. The Bertz CT molecular complexity index is 308. The number of carbonyl (C=O) groups excluding carboxylic acids is 1. The van der Waals surface area contributed by atoms with Crippen LogP contribution in [0.1, 0.15) is 44.9 Å². The van der Waals surface area contributed by atoms with Gasteiger partial charge in [-0.25, -0.2) is 0 Å². The van der Waals surface area contributed by atoms with E-state index in [9.17, 15) is 4.79 Å². The van der Waals surface area contributed by atoms with Crippen LogP contribution in [0.5, 0.6) is 0 Å². The van der Waals surface area contributed by atoms with Crippen molar-refractivity contribution < 1.29 is 14.3 Å². The molecular formula is C15H28N2O3. The largest absolute Gasteiger partial charge is 0.382 e. The zero-order chi connectivity index (χ0) is 14.4. The van der Waals surface area contributed by atoms with E-state index in [0.29, 0.717) is 13.2 Å². The highest BCUT2D eigenvalue weighted by Gasteiger charge is 2.39. The average Bonchev–Trinajstić information content (AvgIpc) is 2.48. The third-order valence-electron chi connectivity index (χ3n) is 4.54. The van der Waals surface area contributed by atoms with Crippen molar-refractivity contribution in [3.8, 4) is 0 Å². The van der Waals surface area contributed by atoms with Gasteiger partial charge in [-0.05, 0) is 25.7 Å². The molecule has 2 rings (SSSR count). The second kappa shape index (κ2) is 7.38. The van der Waals surface area contributed by atoms with Crippen LogP contribution in [-0.2, 0) is 14.3 Å². The number of carbonyl (C=O) groups is 1. The lowest BCUT2D eigenvalue weighted by Gasteiger charge is -2.39. The molecule has 1 heterocycles. The first-order chi connectivity index (χ1) is 9.65. The molecule has 1 saturated carbocycles. The van der Waals surface area contributed by atoms with Gasteiger partial charge in [-0.1, -0.05) is 19.3 Å². The van der Waals surface area contributed by atoms with E-state index in [2.05, 4.69) is 0 Å². The van der Waals surface area contributed by atoms with Crippen molar-refractivity contribution in [3.05, 3.63) is 0 Å². The monoisotopic (exact) mass is 284 g/mol. The quantitative estimate of drug-likeness (QED) is 0.773. The first-order valence-corrected chi connectivity index (χ1v) is 7.84. The number of nitrogens with two attached hydrogens (primary N) is 1. The molecule has 1 saturated heterocycles. The van der Waals surface area contributed by atoms with E-state index in [1.165, 1.54) is 6.42 Å². The molecule has 0 aromatic carbocycles. The molecule has 1 aliphatic carbocycles. The number of rotatable bonds is 5. The summed E-state index contributed by atoms with van der Waals surface area (Å²) in [5.41, 5.74) is 5.73. The normalized spacial score (nSPS) is 23.8. The molecular weight excluding hydrogens is 256 g/mol. The van der Waals surface area contributed by atoms with Gasteiger partial charge in [0.2, 0.25) is 5.91 Å². The van der Waals surface area contributed by atoms with Crippen LogP contribution in [0.25, 0.3) is 0 Å². The highest BCUT2D eigenvalue weighted by Crippen LogP contribution is 2.29. The van der Waals surface area contributed by atoms with E-state index < -0.39 is 5.54 Å². The topological polar surface area (TPSA) is 64.8 Å². The van der Waals surface area contributed by atoms with Crippen molar-refractivity contribution in [2.45, 2.75) is 56.6 Å². The second-order valence-corrected chi connectivity index (χ2v) is 6.07. The fourth-order valence-corrected chi connectivity index (χ4v) is 3.24. The smallest absolute Gasteiger partial charge is 0.242 e. The van der Waals surface area contributed by atoms with Gasteiger partial charge in [-0.15, -0.1) is 0 Å². The molecule has 5 nitrogen and oxygen atoms in total. The van der Waals surface area contributed by atoms with Crippen molar-refractivity contribution in [2.75, 3.05) is 33.4 Å². The molecule has 0 bridgehead atoms. The van der Waals surface area contributed by atoms with E-state index in [4.69, 9.17) is 15.2 Å². The van der Waals surface area contributed by atoms with Crippen LogP contribution < -0.4 is 5.73 Å². The van der Waals surface area contributed by atoms with Gasteiger partial charge in [-0.3, -0.25) is 4.79 Å². The summed E-state index contributed by atoms with van der Waals surface area (Å²) in [5.74, 6) is 0.160. The van der Waals surface area contributed by atoms with E-state index in [-0.39, 0.29) is 12.0 Å². The SMILES string of the molecule is COCCOC1CCN(C(=O)C2(N)CCCCC2)CC1. The Morgan fingerprint density at radius 2 is 1.85 bits per heavy atom. The number of methoxy groups -OCH3 is 1. The van der Waals surface area contributed by atoms with Crippen molar-refractivity contribution >= 4 is 5.91 Å². The number of piperidine rings is 1. The zero-order valence-electron chi connectivity index (χ0n) is 12.6. The van der Waals surface area contributed by atoms with Gasteiger partial charge < -0.3 is 20.1 Å². The van der Waals surface area contributed by atoms with Crippen LogP contribution in [0.2, 0.25) is 0 Å². The van der Waals surface area contributed by atoms with E-state index in [1.807, 2.05) is 4.90 Å². The molecule has 0 atom stereocenters. The minimum atomic E-state index is -0.595. The summed E-state index contributed by atoms with van der Waals surface area (Å²) in [6.07, 6.45) is 7.14. The summed E-state index contributed by atoms with van der Waals surface area (Å²) in [6.45, 7) is 2.81. The zero-order valence-corrected chi connectivity index (χ0v) is 12.6. The molecule has 2 aliphatic rings. The van der Waals surface area contributed by atoms with Gasteiger partial charge in [0.15, 0.2) is 0 Å². The third kappa shape index (κ3) is 3.93. The summed E-state index contributed by atoms with van der Waals surface area (Å²) in [6, 6.07) is 0. The second-order valence-electron chi connectivity index (χ2n) is 6.07. The van der Waals surface area contributed by atoms with Crippen LogP contribution >= 0.6 is 0 Å². The van der Waals surface area contributed by atoms with Crippen LogP contribution in [0, 0.1) is 0 Å². The van der Waals surface area contributed by atoms with Crippen LogP contribution in [0.15, 0.2) is 0 Å². The van der Waals surface area contributed by atoms with Crippen molar-refractivity contribution in [2.24, 2.45) is 5.73 Å². The number of likely N-dealkylation sites (tertiary alicyclic amines) is 1. The highest BCUT2D eigenvalue weighted by molar-refractivity contribution is 5.86. The molecule has 2 N–H and O–H groups in total. The Morgan fingerprint density at radius 1 is 1.20 bits per heavy atom. The molecule has 2 fully saturated rings. The molecule has 0 unspecified atom stereocenters. The van der Waals surface area contributed by atoms with Gasteiger partial charge in [-0.2, -0.15) is 0 Å². The van der Waals surface area contributed by atoms with Crippen molar-refractivity contribution in [1.82, 2.24) is 4.90 Å². The molecule has 0 aromatic rings. The van der Waals surface area contributed by atoms with E-state index >= 15 is 0 Å². The first kappa shape index (κ1) is 15.7. The molecule has 0 aromatic heterocycles. The summed E-state index contributed by atoms with van der Waals surface area (Å²) < 4.78 is 10.7. The number of ether oxygens (including phenoxy) is 2. The molecule has 1 amide bonds. The molecule has 0 spiro atoms. The maximum absolute atomic E-state index is 12.6. The van der Waals surface area contributed by atoms with Gasteiger partial charge in [0.25, 0.3) is 0 Å². The highest BCUT2D eigenvalue weighted by atomic mass is 16.5. The Kier molecular flexibility index (Phi) is 5.81. The van der Waals surface area contributed by atoms with Gasteiger partial charge in [0.05, 0.1) is 24.9 Å². The van der Waals surface area contributed by atoms with Crippen molar-refractivity contribution in [3.63, 3.8) is 0 Å². The standard InChI is InChI=1S/C15H28N2O3/c1-19-11-12-20-13-5-9-17(10-6-13)14(18)15(16)7-3-2-4-8-15/h13H,2-12,16H2,1H3. The lowest BCUT2D eigenvalue weighted by atomic mass is 9.81. The molecule has 1 aliphatic heterocycles. The third-order valence-corrected chi connectivity index (χ3v) is 4.54. The predicted molar refractivity (Wildman–Crippen MR) is 77.4 cm³/mol. The lowest BCUT2D eigenvalue weighted by molar-refractivity contribution is -0.141. The van der Waals surface area contributed by atoms with Crippen LogP contribution in [-0.4, -0.2) is 55.9 Å². The van der Waals surface area contributed by atoms with Crippen molar-refractivity contribution in [1.29, 1.82) is 0 Å². The van der Waals surface area contributed by atoms with Crippen LogP contribution in [0.3, 0.4) is 0 Å². The van der Waals surface area contributed by atoms with Gasteiger partial charge in [0, 0.05) is 20.2 Å². The predicted octanol–water partition coefficient (Wildman–Crippen LogP) is 1.30.